The van der Waals surface area contributed by atoms with E-state index < -0.39 is 17.6 Å². The summed E-state index contributed by atoms with van der Waals surface area (Å²) in [7, 11) is 1.27. The van der Waals surface area contributed by atoms with Crippen molar-refractivity contribution < 1.29 is 14.6 Å². The number of nitrogens with two attached hydrogens (primary N) is 1. The van der Waals surface area contributed by atoms with Gasteiger partial charge in [-0.05, 0) is 19.3 Å². The molecule has 0 heterocycles. The monoisotopic (exact) mass is 229 g/mol. The largest absolute Gasteiger partial charge is 0.467 e. The second-order valence-electron chi connectivity index (χ2n) is 4.99. The highest BCUT2D eigenvalue weighted by molar-refractivity contribution is 5.79. The molecular weight excluding hydrogens is 206 g/mol. The molecule has 2 unspecified atom stereocenters. The fourth-order valence-corrected chi connectivity index (χ4v) is 2.37. The van der Waals surface area contributed by atoms with Crippen molar-refractivity contribution in [3.8, 4) is 0 Å². The van der Waals surface area contributed by atoms with Gasteiger partial charge in [-0.2, -0.15) is 0 Å². The Morgan fingerprint density at radius 1 is 1.50 bits per heavy atom. The lowest BCUT2D eigenvalue weighted by Crippen LogP contribution is -2.53. The number of methoxy groups -OCH3 is 1. The van der Waals surface area contributed by atoms with Crippen molar-refractivity contribution >= 4 is 5.97 Å². The molecule has 0 saturated heterocycles. The SMILES string of the molecule is COC(=O)C(C)(O)C(N)CC1CCCCC1. The fraction of sp³-hybridized carbons (Fsp3) is 0.917. The van der Waals surface area contributed by atoms with E-state index in [-0.39, 0.29) is 0 Å². The van der Waals surface area contributed by atoms with Crippen molar-refractivity contribution in [3.05, 3.63) is 0 Å². The molecule has 0 aromatic carbocycles. The highest BCUT2D eigenvalue weighted by Crippen LogP contribution is 2.29. The van der Waals surface area contributed by atoms with E-state index in [1.807, 2.05) is 0 Å². The fourth-order valence-electron chi connectivity index (χ4n) is 2.37. The molecule has 1 rings (SSSR count). The van der Waals surface area contributed by atoms with Gasteiger partial charge in [-0.25, -0.2) is 4.79 Å². The minimum absolute atomic E-state index is 0.539. The van der Waals surface area contributed by atoms with Gasteiger partial charge < -0.3 is 15.6 Å². The number of ether oxygens (including phenoxy) is 1. The number of hydrogen-bond acceptors (Lipinski definition) is 4. The summed E-state index contributed by atoms with van der Waals surface area (Å²) in [6.07, 6.45) is 6.77. The molecule has 1 fully saturated rings. The van der Waals surface area contributed by atoms with Crippen molar-refractivity contribution in [2.75, 3.05) is 7.11 Å². The first-order valence-electron chi connectivity index (χ1n) is 6.05. The molecule has 94 valence electrons. The van der Waals surface area contributed by atoms with E-state index in [1.54, 1.807) is 0 Å². The molecule has 4 heteroatoms. The summed E-state index contributed by atoms with van der Waals surface area (Å²) >= 11 is 0. The smallest absolute Gasteiger partial charge is 0.339 e. The molecule has 2 atom stereocenters. The number of aliphatic hydroxyl groups is 1. The Balaban J connectivity index is 2.49. The Kier molecular flexibility index (Phi) is 4.74. The van der Waals surface area contributed by atoms with Crippen LogP contribution in [0.25, 0.3) is 0 Å². The Labute approximate surface area is 97.2 Å². The molecule has 0 aromatic heterocycles. The average Bonchev–Trinajstić information content (AvgIpc) is 2.29. The molecule has 0 aliphatic heterocycles. The third kappa shape index (κ3) is 3.19. The van der Waals surface area contributed by atoms with E-state index in [0.717, 1.165) is 12.8 Å². The third-order valence-electron chi connectivity index (χ3n) is 3.63. The summed E-state index contributed by atoms with van der Waals surface area (Å²) < 4.78 is 4.56. The Morgan fingerprint density at radius 3 is 2.56 bits per heavy atom. The maximum absolute atomic E-state index is 11.4. The van der Waals surface area contributed by atoms with E-state index in [2.05, 4.69) is 4.74 Å². The van der Waals surface area contributed by atoms with E-state index in [9.17, 15) is 9.90 Å². The summed E-state index contributed by atoms with van der Waals surface area (Å²) in [5.41, 5.74) is 4.34. The van der Waals surface area contributed by atoms with Crippen LogP contribution in [0, 0.1) is 5.92 Å². The molecule has 4 nitrogen and oxygen atoms in total. The molecule has 0 bridgehead atoms. The van der Waals surface area contributed by atoms with Gasteiger partial charge in [0, 0.05) is 6.04 Å². The quantitative estimate of drug-likeness (QED) is 0.711. The van der Waals surface area contributed by atoms with Crippen LogP contribution < -0.4 is 5.73 Å². The molecule has 1 aliphatic carbocycles. The van der Waals surface area contributed by atoms with Crippen LogP contribution in [0.1, 0.15) is 45.4 Å². The Hall–Kier alpha value is -0.610. The number of carbonyl (C=O) groups is 1. The lowest BCUT2D eigenvalue weighted by molar-refractivity contribution is -0.163. The minimum Gasteiger partial charge on any atom is -0.467 e. The van der Waals surface area contributed by atoms with Crippen LogP contribution in [-0.2, 0) is 9.53 Å². The highest BCUT2D eigenvalue weighted by atomic mass is 16.5. The van der Waals surface area contributed by atoms with Gasteiger partial charge >= 0.3 is 5.97 Å². The zero-order chi connectivity index (χ0) is 12.2. The van der Waals surface area contributed by atoms with Crippen molar-refractivity contribution in [1.82, 2.24) is 0 Å². The minimum atomic E-state index is -1.56. The average molecular weight is 229 g/mol. The second-order valence-corrected chi connectivity index (χ2v) is 4.99. The zero-order valence-electron chi connectivity index (χ0n) is 10.2. The predicted octanol–water partition coefficient (Wildman–Crippen LogP) is 1.21. The van der Waals surface area contributed by atoms with Crippen LogP contribution in [0.5, 0.6) is 0 Å². The first-order chi connectivity index (χ1) is 7.48. The molecule has 3 N–H and O–H groups in total. The molecule has 0 aromatic rings. The molecule has 0 amide bonds. The number of rotatable bonds is 4. The lowest BCUT2D eigenvalue weighted by atomic mass is 9.81. The lowest BCUT2D eigenvalue weighted by Gasteiger charge is -2.31. The molecule has 1 saturated carbocycles. The topological polar surface area (TPSA) is 72.5 Å². The van der Waals surface area contributed by atoms with Crippen LogP contribution in [-0.4, -0.2) is 29.8 Å². The first kappa shape index (κ1) is 13.5. The van der Waals surface area contributed by atoms with Crippen molar-refractivity contribution in [1.29, 1.82) is 0 Å². The summed E-state index contributed by atoms with van der Waals surface area (Å²) in [5.74, 6) is -0.101. The van der Waals surface area contributed by atoms with Crippen molar-refractivity contribution in [3.63, 3.8) is 0 Å². The summed E-state index contributed by atoms with van der Waals surface area (Å²) in [5, 5.41) is 9.98. The Morgan fingerprint density at radius 2 is 2.06 bits per heavy atom. The molecule has 0 radical (unpaired) electrons. The van der Waals surface area contributed by atoms with Gasteiger partial charge in [0.1, 0.15) is 0 Å². The highest BCUT2D eigenvalue weighted by Gasteiger charge is 2.39. The van der Waals surface area contributed by atoms with E-state index in [4.69, 9.17) is 5.73 Å². The first-order valence-corrected chi connectivity index (χ1v) is 6.05. The van der Waals surface area contributed by atoms with Gasteiger partial charge in [-0.15, -0.1) is 0 Å². The maximum atomic E-state index is 11.4. The molecule has 16 heavy (non-hydrogen) atoms. The van der Waals surface area contributed by atoms with Gasteiger partial charge in [0.05, 0.1) is 7.11 Å². The van der Waals surface area contributed by atoms with Crippen molar-refractivity contribution in [2.45, 2.75) is 57.1 Å². The normalized spacial score (nSPS) is 23.5. The van der Waals surface area contributed by atoms with E-state index in [0.29, 0.717) is 12.3 Å². The summed E-state index contributed by atoms with van der Waals surface area (Å²) in [6.45, 7) is 1.44. The molecular formula is C12H23NO3. The van der Waals surface area contributed by atoms with Gasteiger partial charge in [-0.1, -0.05) is 32.1 Å². The molecule has 1 aliphatic rings. The van der Waals surface area contributed by atoms with Crippen LogP contribution in [0.4, 0.5) is 0 Å². The predicted molar refractivity (Wildman–Crippen MR) is 61.8 cm³/mol. The number of esters is 1. The number of carbonyl (C=O) groups excluding carboxylic acids is 1. The zero-order valence-corrected chi connectivity index (χ0v) is 10.2. The summed E-state index contributed by atoms with van der Waals surface area (Å²) in [4.78, 5) is 11.4. The van der Waals surface area contributed by atoms with Gasteiger partial charge in [0.25, 0.3) is 0 Å². The molecule has 0 spiro atoms. The van der Waals surface area contributed by atoms with Crippen LogP contribution in [0.3, 0.4) is 0 Å². The maximum Gasteiger partial charge on any atom is 0.339 e. The van der Waals surface area contributed by atoms with Gasteiger partial charge in [0.15, 0.2) is 5.60 Å². The van der Waals surface area contributed by atoms with Gasteiger partial charge in [0.2, 0.25) is 0 Å². The second kappa shape index (κ2) is 5.64. The standard InChI is InChI=1S/C12H23NO3/c1-12(15,11(14)16-2)10(13)8-9-6-4-3-5-7-9/h9-10,15H,3-8,13H2,1-2H3. The Bertz CT molecular complexity index is 234. The van der Waals surface area contributed by atoms with Crippen molar-refractivity contribution in [2.24, 2.45) is 11.7 Å². The van der Waals surface area contributed by atoms with Crippen LogP contribution in [0.2, 0.25) is 0 Å². The van der Waals surface area contributed by atoms with E-state index in [1.165, 1.54) is 33.3 Å². The van der Waals surface area contributed by atoms with Crippen LogP contribution >= 0.6 is 0 Å². The summed E-state index contributed by atoms with van der Waals surface area (Å²) in [6, 6.07) is -0.539. The number of hydrogen-bond donors (Lipinski definition) is 2. The van der Waals surface area contributed by atoms with Crippen LogP contribution in [0.15, 0.2) is 0 Å². The van der Waals surface area contributed by atoms with Gasteiger partial charge in [-0.3, -0.25) is 0 Å². The van der Waals surface area contributed by atoms with E-state index >= 15 is 0 Å². The third-order valence-corrected chi connectivity index (χ3v) is 3.63.